The minimum atomic E-state index is -0.119. The van der Waals surface area contributed by atoms with E-state index in [1.54, 1.807) is 18.6 Å². The molecular weight excluding hydrogens is 314 g/mol. The summed E-state index contributed by atoms with van der Waals surface area (Å²) in [5, 5.41) is 2.92. The monoisotopic (exact) mass is 337 g/mol. The number of carbonyl (C=O) groups excluding carboxylic acids is 1. The molecule has 130 valence electrons. The zero-order valence-electron chi connectivity index (χ0n) is 14.6. The summed E-state index contributed by atoms with van der Waals surface area (Å²) >= 11 is 0. The fourth-order valence-electron chi connectivity index (χ4n) is 3.58. The minimum Gasteiger partial charge on any atom is -0.316 e. The van der Waals surface area contributed by atoms with Gasteiger partial charge in [-0.05, 0) is 30.4 Å². The molecule has 0 aromatic carbocycles. The predicted octanol–water partition coefficient (Wildman–Crippen LogP) is 3.44. The average Bonchev–Trinajstić information content (AvgIpc) is 3.40. The molecule has 2 aromatic rings. The summed E-state index contributed by atoms with van der Waals surface area (Å²) in [4.78, 5) is 27.4. The van der Waals surface area contributed by atoms with Crippen LogP contribution in [-0.4, -0.2) is 32.4 Å². The highest BCUT2D eigenvalue weighted by Gasteiger charge is 2.49. The van der Waals surface area contributed by atoms with E-state index in [9.17, 15) is 4.79 Å². The van der Waals surface area contributed by atoms with Crippen molar-refractivity contribution < 1.29 is 4.79 Å². The molecule has 3 heterocycles. The second-order valence-corrected chi connectivity index (χ2v) is 7.77. The molecule has 1 saturated carbocycles. The maximum Gasteiger partial charge on any atom is 0.322 e. The Hall–Kier alpha value is -2.50. The summed E-state index contributed by atoms with van der Waals surface area (Å²) < 4.78 is 0. The number of nitrogens with zero attached hydrogens (tertiary/aromatic N) is 4. The van der Waals surface area contributed by atoms with Crippen molar-refractivity contribution in [1.29, 1.82) is 0 Å². The molecule has 6 heteroatoms. The van der Waals surface area contributed by atoms with Gasteiger partial charge in [-0.1, -0.05) is 19.9 Å². The standard InChI is InChI=1S/C19H23N5O/c1-19(2)12-24(17(19)14-4-3-7-20-9-14)18(25)23-15-10-21-16(22-11-15)8-13-5-6-13/h3-4,7,9-11,13,17H,5-6,8,12H2,1-2H3,(H,23,25). The molecule has 6 nitrogen and oxygen atoms in total. The molecule has 1 aliphatic heterocycles. The number of rotatable bonds is 4. The maximum atomic E-state index is 12.7. The molecule has 1 atom stereocenters. The predicted molar refractivity (Wildman–Crippen MR) is 94.9 cm³/mol. The fourth-order valence-corrected chi connectivity index (χ4v) is 3.58. The molecule has 0 bridgehead atoms. The number of nitrogens with one attached hydrogen (secondary N) is 1. The van der Waals surface area contributed by atoms with Crippen molar-refractivity contribution in [1.82, 2.24) is 19.9 Å². The highest BCUT2D eigenvalue weighted by molar-refractivity contribution is 5.90. The number of carbonyl (C=O) groups is 1. The van der Waals surface area contributed by atoms with Gasteiger partial charge >= 0.3 is 6.03 Å². The van der Waals surface area contributed by atoms with Gasteiger partial charge in [-0.25, -0.2) is 14.8 Å². The van der Waals surface area contributed by atoms with Crippen LogP contribution >= 0.6 is 0 Å². The topological polar surface area (TPSA) is 71.0 Å². The van der Waals surface area contributed by atoms with Crippen molar-refractivity contribution >= 4 is 11.7 Å². The lowest BCUT2D eigenvalue weighted by Crippen LogP contribution is -2.59. The summed E-state index contributed by atoms with van der Waals surface area (Å²) in [5.74, 6) is 1.61. The van der Waals surface area contributed by atoms with Gasteiger partial charge in [-0.3, -0.25) is 4.98 Å². The number of urea groups is 1. The van der Waals surface area contributed by atoms with Gasteiger partial charge in [-0.2, -0.15) is 0 Å². The summed E-state index contributed by atoms with van der Waals surface area (Å²) in [5.41, 5.74) is 1.73. The second-order valence-electron chi connectivity index (χ2n) is 7.77. The number of anilines is 1. The van der Waals surface area contributed by atoms with Crippen LogP contribution in [0.15, 0.2) is 36.9 Å². The third-order valence-electron chi connectivity index (χ3n) is 5.02. The number of amides is 2. The van der Waals surface area contributed by atoms with Crippen LogP contribution in [0.1, 0.15) is 44.1 Å². The minimum absolute atomic E-state index is 0.0243. The van der Waals surface area contributed by atoms with Crippen LogP contribution in [0.4, 0.5) is 10.5 Å². The van der Waals surface area contributed by atoms with E-state index < -0.39 is 0 Å². The van der Waals surface area contributed by atoms with Crippen molar-refractivity contribution in [3.63, 3.8) is 0 Å². The smallest absolute Gasteiger partial charge is 0.316 e. The van der Waals surface area contributed by atoms with E-state index in [2.05, 4.69) is 34.1 Å². The molecule has 25 heavy (non-hydrogen) atoms. The van der Waals surface area contributed by atoms with Crippen molar-refractivity contribution in [2.24, 2.45) is 11.3 Å². The van der Waals surface area contributed by atoms with Crippen molar-refractivity contribution in [3.05, 3.63) is 48.3 Å². The first-order chi connectivity index (χ1) is 12.0. The Bertz CT molecular complexity index is 755. The Balaban J connectivity index is 1.43. The molecule has 2 aliphatic rings. The molecule has 2 fully saturated rings. The highest BCUT2D eigenvalue weighted by Crippen LogP contribution is 2.48. The van der Waals surface area contributed by atoms with Gasteiger partial charge in [0.05, 0.1) is 24.1 Å². The SMILES string of the molecule is CC1(C)CN(C(=O)Nc2cnc(CC3CC3)nc2)C1c1cccnc1. The van der Waals surface area contributed by atoms with Crippen LogP contribution in [0.3, 0.4) is 0 Å². The average molecular weight is 337 g/mol. The molecule has 1 saturated heterocycles. The molecule has 1 unspecified atom stereocenters. The number of aromatic nitrogens is 3. The second kappa shape index (κ2) is 6.10. The van der Waals surface area contributed by atoms with Crippen LogP contribution in [0.2, 0.25) is 0 Å². The van der Waals surface area contributed by atoms with E-state index in [0.717, 1.165) is 23.7 Å². The number of pyridine rings is 1. The molecular formula is C19H23N5O. The van der Waals surface area contributed by atoms with E-state index in [0.29, 0.717) is 12.2 Å². The van der Waals surface area contributed by atoms with E-state index >= 15 is 0 Å². The fraction of sp³-hybridized carbons (Fsp3) is 0.474. The molecule has 1 aliphatic carbocycles. The summed E-state index contributed by atoms with van der Waals surface area (Å²) in [7, 11) is 0. The Labute approximate surface area is 147 Å². The lowest BCUT2D eigenvalue weighted by atomic mass is 9.72. The van der Waals surface area contributed by atoms with Gasteiger partial charge in [0, 0.05) is 30.8 Å². The van der Waals surface area contributed by atoms with E-state index in [4.69, 9.17) is 0 Å². The third-order valence-corrected chi connectivity index (χ3v) is 5.02. The first-order valence-electron chi connectivity index (χ1n) is 8.81. The first kappa shape index (κ1) is 16.0. The number of hydrogen-bond acceptors (Lipinski definition) is 4. The normalized spacial score (nSPS) is 21.5. The Morgan fingerprint density at radius 3 is 2.64 bits per heavy atom. The van der Waals surface area contributed by atoms with Crippen LogP contribution in [0.5, 0.6) is 0 Å². The summed E-state index contributed by atoms with van der Waals surface area (Å²) in [6, 6.07) is 3.84. The number of hydrogen-bond donors (Lipinski definition) is 1. The molecule has 4 rings (SSSR count). The maximum absolute atomic E-state index is 12.7. The molecule has 1 N–H and O–H groups in total. The zero-order valence-corrected chi connectivity index (χ0v) is 14.6. The quantitative estimate of drug-likeness (QED) is 0.928. The van der Waals surface area contributed by atoms with Gasteiger partial charge in [0.1, 0.15) is 5.82 Å². The van der Waals surface area contributed by atoms with Crippen molar-refractivity contribution in [2.75, 3.05) is 11.9 Å². The van der Waals surface area contributed by atoms with E-state index in [1.165, 1.54) is 12.8 Å². The van der Waals surface area contributed by atoms with Crippen LogP contribution in [0.25, 0.3) is 0 Å². The molecule has 0 radical (unpaired) electrons. The van der Waals surface area contributed by atoms with E-state index in [1.807, 2.05) is 23.2 Å². The van der Waals surface area contributed by atoms with E-state index in [-0.39, 0.29) is 17.5 Å². The van der Waals surface area contributed by atoms with Crippen molar-refractivity contribution in [3.8, 4) is 0 Å². The van der Waals surface area contributed by atoms with Gasteiger partial charge < -0.3 is 10.2 Å². The lowest BCUT2D eigenvalue weighted by Gasteiger charge is -2.54. The Kier molecular flexibility index (Phi) is 3.90. The van der Waals surface area contributed by atoms with Gasteiger partial charge in [0.25, 0.3) is 0 Å². The van der Waals surface area contributed by atoms with Crippen molar-refractivity contribution in [2.45, 2.75) is 39.2 Å². The summed E-state index contributed by atoms with van der Waals surface area (Å²) in [6.07, 6.45) is 10.5. The highest BCUT2D eigenvalue weighted by atomic mass is 16.2. The van der Waals surface area contributed by atoms with Crippen LogP contribution in [0, 0.1) is 11.3 Å². The van der Waals surface area contributed by atoms with Gasteiger partial charge in [-0.15, -0.1) is 0 Å². The number of likely N-dealkylation sites (tertiary alicyclic amines) is 1. The largest absolute Gasteiger partial charge is 0.322 e. The lowest BCUT2D eigenvalue weighted by molar-refractivity contribution is -0.0117. The van der Waals surface area contributed by atoms with Crippen LogP contribution in [-0.2, 0) is 6.42 Å². The third kappa shape index (κ3) is 3.34. The Morgan fingerprint density at radius 2 is 2.04 bits per heavy atom. The zero-order chi connectivity index (χ0) is 17.4. The summed E-state index contributed by atoms with van der Waals surface area (Å²) in [6.45, 7) is 5.05. The van der Waals surface area contributed by atoms with Gasteiger partial charge in [0.15, 0.2) is 0 Å². The van der Waals surface area contributed by atoms with Crippen LogP contribution < -0.4 is 5.32 Å². The first-order valence-corrected chi connectivity index (χ1v) is 8.81. The van der Waals surface area contributed by atoms with Gasteiger partial charge in [0.2, 0.25) is 0 Å². The molecule has 2 aromatic heterocycles. The molecule has 0 spiro atoms. The Morgan fingerprint density at radius 1 is 1.28 bits per heavy atom. The molecule has 2 amide bonds.